The molecule has 0 saturated carbocycles. The smallest absolute Gasteiger partial charge is 0.335 e. The Morgan fingerprint density at radius 2 is 1.74 bits per heavy atom. The molecule has 0 unspecified atom stereocenters. The van der Waals surface area contributed by atoms with Crippen LogP contribution in [0.1, 0.15) is 10.4 Å². The zero-order valence-corrected chi connectivity index (χ0v) is 10.9. The van der Waals surface area contributed by atoms with Crippen LogP contribution < -0.4 is 10.2 Å². The Balaban J connectivity index is 2.16. The first-order valence-electron chi connectivity index (χ1n) is 5.94. The van der Waals surface area contributed by atoms with E-state index in [2.05, 4.69) is 5.32 Å². The van der Waals surface area contributed by atoms with Crippen LogP contribution in [0.3, 0.4) is 0 Å². The monoisotopic (exact) mass is 256 g/mol. The van der Waals surface area contributed by atoms with Crippen LogP contribution in [0.15, 0.2) is 48.5 Å². The Labute approximate surface area is 112 Å². The molecule has 0 amide bonds. The molecule has 0 atom stereocenters. The molecule has 19 heavy (non-hydrogen) atoms. The summed E-state index contributed by atoms with van der Waals surface area (Å²) in [5.41, 5.74) is 3.07. The minimum atomic E-state index is -0.924. The van der Waals surface area contributed by atoms with E-state index in [9.17, 15) is 4.79 Å². The lowest BCUT2D eigenvalue weighted by atomic mass is 10.2. The highest BCUT2D eigenvalue weighted by atomic mass is 16.4. The van der Waals surface area contributed by atoms with E-state index in [4.69, 9.17) is 5.11 Å². The molecule has 2 N–H and O–H groups in total. The van der Waals surface area contributed by atoms with Gasteiger partial charge in [0.2, 0.25) is 0 Å². The summed E-state index contributed by atoms with van der Waals surface area (Å²) < 4.78 is 0. The van der Waals surface area contributed by atoms with E-state index in [1.807, 2.05) is 49.3 Å². The van der Waals surface area contributed by atoms with Crippen molar-refractivity contribution in [2.24, 2.45) is 0 Å². The highest BCUT2D eigenvalue weighted by Gasteiger charge is 2.03. The zero-order chi connectivity index (χ0) is 13.8. The summed E-state index contributed by atoms with van der Waals surface area (Å²) in [6, 6.07) is 14.7. The highest BCUT2D eigenvalue weighted by molar-refractivity contribution is 5.89. The first-order chi connectivity index (χ1) is 9.06. The summed E-state index contributed by atoms with van der Waals surface area (Å²) in [5.74, 6) is -0.924. The Bertz CT molecular complexity index is 577. The average Bonchev–Trinajstić information content (AvgIpc) is 2.39. The Hall–Kier alpha value is -2.49. The fourth-order valence-electron chi connectivity index (χ4n) is 1.74. The maximum absolute atomic E-state index is 10.9. The second-order valence-electron chi connectivity index (χ2n) is 4.45. The molecule has 2 rings (SSSR count). The van der Waals surface area contributed by atoms with E-state index >= 15 is 0 Å². The number of nitrogens with zero attached hydrogens (tertiary/aromatic N) is 1. The molecular formula is C15H16N2O2. The average molecular weight is 256 g/mol. The number of carboxylic acids is 1. The molecule has 4 heteroatoms. The number of nitrogens with one attached hydrogen (secondary N) is 1. The van der Waals surface area contributed by atoms with Gasteiger partial charge < -0.3 is 15.3 Å². The van der Waals surface area contributed by atoms with Crippen LogP contribution in [-0.4, -0.2) is 25.2 Å². The van der Waals surface area contributed by atoms with Crippen LogP contribution in [0, 0.1) is 0 Å². The van der Waals surface area contributed by atoms with E-state index < -0.39 is 5.97 Å². The Morgan fingerprint density at radius 3 is 2.32 bits per heavy atom. The SMILES string of the molecule is CN(C)c1ccc(Nc2cccc(C(=O)O)c2)cc1. The molecule has 0 bridgehead atoms. The topological polar surface area (TPSA) is 52.6 Å². The molecule has 0 aliphatic rings. The number of carboxylic acid groups (broad SMARTS) is 1. The van der Waals surface area contributed by atoms with Crippen LogP contribution in [0.25, 0.3) is 0 Å². The van der Waals surface area contributed by atoms with Gasteiger partial charge in [-0.2, -0.15) is 0 Å². The van der Waals surface area contributed by atoms with Crippen molar-refractivity contribution >= 4 is 23.0 Å². The first-order valence-corrected chi connectivity index (χ1v) is 5.94. The van der Waals surface area contributed by atoms with Gasteiger partial charge in [0.15, 0.2) is 0 Å². The first kappa shape index (κ1) is 13.0. The van der Waals surface area contributed by atoms with E-state index in [1.165, 1.54) is 0 Å². The number of hydrogen-bond donors (Lipinski definition) is 2. The van der Waals surface area contributed by atoms with Crippen molar-refractivity contribution in [1.29, 1.82) is 0 Å². The summed E-state index contributed by atoms with van der Waals surface area (Å²) in [6.07, 6.45) is 0. The molecule has 0 radical (unpaired) electrons. The van der Waals surface area contributed by atoms with Gasteiger partial charge in [-0.25, -0.2) is 4.79 Å². The lowest BCUT2D eigenvalue weighted by Gasteiger charge is -2.13. The fraction of sp³-hybridized carbons (Fsp3) is 0.133. The number of aromatic carboxylic acids is 1. The standard InChI is InChI=1S/C15H16N2O2/c1-17(2)14-8-6-12(7-9-14)16-13-5-3-4-11(10-13)15(18)19/h3-10,16H,1-2H3,(H,18,19). The third-order valence-corrected chi connectivity index (χ3v) is 2.78. The maximum Gasteiger partial charge on any atom is 0.335 e. The fourth-order valence-corrected chi connectivity index (χ4v) is 1.74. The maximum atomic E-state index is 10.9. The van der Waals surface area contributed by atoms with E-state index in [1.54, 1.807) is 18.2 Å². The van der Waals surface area contributed by atoms with Crippen molar-refractivity contribution in [2.45, 2.75) is 0 Å². The largest absolute Gasteiger partial charge is 0.478 e. The van der Waals surface area contributed by atoms with Crippen LogP contribution in [0.5, 0.6) is 0 Å². The molecule has 2 aromatic rings. The van der Waals surface area contributed by atoms with Crippen LogP contribution in [0.4, 0.5) is 17.1 Å². The predicted octanol–water partition coefficient (Wildman–Crippen LogP) is 3.19. The van der Waals surface area contributed by atoms with Crippen molar-refractivity contribution < 1.29 is 9.90 Å². The number of benzene rings is 2. The van der Waals surface area contributed by atoms with Gasteiger partial charge in [-0.3, -0.25) is 0 Å². The molecule has 0 aromatic heterocycles. The summed E-state index contributed by atoms with van der Waals surface area (Å²) in [6.45, 7) is 0. The third kappa shape index (κ3) is 3.25. The minimum Gasteiger partial charge on any atom is -0.478 e. The van der Waals surface area contributed by atoms with Crippen molar-refractivity contribution in [3.63, 3.8) is 0 Å². The Morgan fingerprint density at radius 1 is 1.05 bits per heavy atom. The molecule has 98 valence electrons. The van der Waals surface area contributed by atoms with E-state index in [0.717, 1.165) is 17.1 Å². The predicted molar refractivity (Wildman–Crippen MR) is 77.5 cm³/mol. The molecule has 0 aliphatic carbocycles. The van der Waals surface area contributed by atoms with Gasteiger partial charge in [0.25, 0.3) is 0 Å². The van der Waals surface area contributed by atoms with Gasteiger partial charge in [0.05, 0.1) is 5.56 Å². The molecule has 0 saturated heterocycles. The van der Waals surface area contributed by atoms with Gasteiger partial charge in [-0.05, 0) is 42.5 Å². The molecule has 4 nitrogen and oxygen atoms in total. The third-order valence-electron chi connectivity index (χ3n) is 2.78. The van der Waals surface area contributed by atoms with Gasteiger partial charge >= 0.3 is 5.97 Å². The lowest BCUT2D eigenvalue weighted by Crippen LogP contribution is -2.08. The van der Waals surface area contributed by atoms with Crippen molar-refractivity contribution in [1.82, 2.24) is 0 Å². The summed E-state index contributed by atoms with van der Waals surface area (Å²) in [7, 11) is 3.97. The summed E-state index contributed by atoms with van der Waals surface area (Å²) >= 11 is 0. The molecular weight excluding hydrogens is 240 g/mol. The molecule has 0 aliphatic heterocycles. The molecule has 0 fully saturated rings. The van der Waals surface area contributed by atoms with Crippen LogP contribution in [-0.2, 0) is 0 Å². The number of anilines is 3. The minimum absolute atomic E-state index is 0.273. The van der Waals surface area contributed by atoms with Crippen molar-refractivity contribution in [3.8, 4) is 0 Å². The quantitative estimate of drug-likeness (QED) is 0.882. The normalized spacial score (nSPS) is 10.0. The van der Waals surface area contributed by atoms with Crippen molar-refractivity contribution in [3.05, 3.63) is 54.1 Å². The van der Waals surface area contributed by atoms with E-state index in [-0.39, 0.29) is 5.56 Å². The summed E-state index contributed by atoms with van der Waals surface area (Å²) in [5, 5.41) is 12.1. The van der Waals surface area contributed by atoms with Gasteiger partial charge in [-0.15, -0.1) is 0 Å². The lowest BCUT2D eigenvalue weighted by molar-refractivity contribution is 0.0697. The number of rotatable bonds is 4. The summed E-state index contributed by atoms with van der Waals surface area (Å²) in [4.78, 5) is 12.9. The molecule has 0 heterocycles. The van der Waals surface area contributed by atoms with Crippen molar-refractivity contribution in [2.75, 3.05) is 24.3 Å². The molecule has 0 spiro atoms. The van der Waals surface area contributed by atoms with Crippen LogP contribution >= 0.6 is 0 Å². The van der Waals surface area contributed by atoms with Gasteiger partial charge in [-0.1, -0.05) is 6.07 Å². The number of hydrogen-bond acceptors (Lipinski definition) is 3. The van der Waals surface area contributed by atoms with Gasteiger partial charge in [0, 0.05) is 31.2 Å². The van der Waals surface area contributed by atoms with Crippen LogP contribution in [0.2, 0.25) is 0 Å². The Kier molecular flexibility index (Phi) is 3.71. The highest BCUT2D eigenvalue weighted by Crippen LogP contribution is 2.20. The van der Waals surface area contributed by atoms with Gasteiger partial charge in [0.1, 0.15) is 0 Å². The zero-order valence-electron chi connectivity index (χ0n) is 10.9. The number of carbonyl (C=O) groups is 1. The second-order valence-corrected chi connectivity index (χ2v) is 4.45. The molecule has 2 aromatic carbocycles. The van der Waals surface area contributed by atoms with E-state index in [0.29, 0.717) is 0 Å². The second kappa shape index (κ2) is 5.44.